The maximum absolute atomic E-state index is 13.7. The van der Waals surface area contributed by atoms with Crippen molar-refractivity contribution in [2.75, 3.05) is 17.9 Å². The number of benzene rings is 3. The normalized spacial score (nSPS) is 12.0. The first-order chi connectivity index (χ1) is 17.0. The number of aryl methyl sites for hydroxylation is 1. The Labute approximate surface area is 225 Å². The molecule has 0 fully saturated rings. The van der Waals surface area contributed by atoms with Crippen molar-refractivity contribution < 1.29 is 18.0 Å². The molecule has 0 bridgehead atoms. The van der Waals surface area contributed by atoms with Crippen molar-refractivity contribution in [2.45, 2.75) is 31.3 Å². The van der Waals surface area contributed by atoms with Gasteiger partial charge in [-0.25, -0.2) is 8.42 Å². The van der Waals surface area contributed by atoms with Crippen LogP contribution in [-0.4, -0.2) is 44.8 Å². The van der Waals surface area contributed by atoms with E-state index >= 15 is 0 Å². The SMILES string of the molecule is CNC(=O)[C@H](C)N(Cc1ccc(Br)cc1)C(=O)CN(c1ccccc1C)S(=O)(=O)c1ccc(Cl)cc1. The Balaban J connectivity index is 2.04. The van der Waals surface area contributed by atoms with Crippen molar-refractivity contribution in [1.82, 2.24) is 10.2 Å². The minimum atomic E-state index is -4.13. The van der Waals surface area contributed by atoms with Gasteiger partial charge < -0.3 is 10.2 Å². The summed E-state index contributed by atoms with van der Waals surface area (Å²) >= 11 is 9.36. The molecule has 7 nitrogen and oxygen atoms in total. The molecule has 190 valence electrons. The minimum Gasteiger partial charge on any atom is -0.357 e. The summed E-state index contributed by atoms with van der Waals surface area (Å²) in [6.45, 7) is 3.02. The van der Waals surface area contributed by atoms with E-state index in [1.807, 2.05) is 24.3 Å². The molecule has 36 heavy (non-hydrogen) atoms. The number of nitrogens with one attached hydrogen (secondary N) is 1. The molecule has 0 unspecified atom stereocenters. The molecule has 3 rings (SSSR count). The molecular weight excluding hydrogens is 566 g/mol. The molecule has 3 aromatic rings. The van der Waals surface area contributed by atoms with Gasteiger partial charge >= 0.3 is 0 Å². The van der Waals surface area contributed by atoms with Crippen LogP contribution in [0.25, 0.3) is 0 Å². The molecule has 1 N–H and O–H groups in total. The number of anilines is 1. The van der Waals surface area contributed by atoms with Crippen LogP contribution in [0, 0.1) is 6.92 Å². The largest absolute Gasteiger partial charge is 0.357 e. The van der Waals surface area contributed by atoms with Crippen molar-refractivity contribution in [3.63, 3.8) is 0 Å². The fourth-order valence-electron chi connectivity index (χ4n) is 3.67. The number of sulfonamides is 1. The van der Waals surface area contributed by atoms with Crippen LogP contribution in [0.15, 0.2) is 82.2 Å². The van der Waals surface area contributed by atoms with Gasteiger partial charge in [0.05, 0.1) is 10.6 Å². The fourth-order valence-corrected chi connectivity index (χ4v) is 5.54. The molecule has 0 spiro atoms. The highest BCUT2D eigenvalue weighted by Crippen LogP contribution is 2.28. The minimum absolute atomic E-state index is 0.00163. The Hall–Kier alpha value is -2.88. The lowest BCUT2D eigenvalue weighted by molar-refractivity contribution is -0.139. The van der Waals surface area contributed by atoms with E-state index in [-0.39, 0.29) is 17.3 Å². The van der Waals surface area contributed by atoms with Crippen LogP contribution in [0.1, 0.15) is 18.1 Å². The number of halogens is 2. The van der Waals surface area contributed by atoms with Crippen molar-refractivity contribution in [2.24, 2.45) is 0 Å². The van der Waals surface area contributed by atoms with Gasteiger partial charge in [-0.3, -0.25) is 13.9 Å². The lowest BCUT2D eigenvalue weighted by Gasteiger charge is -2.32. The van der Waals surface area contributed by atoms with Gasteiger partial charge in [0.2, 0.25) is 11.8 Å². The summed E-state index contributed by atoms with van der Waals surface area (Å²) < 4.78 is 29.4. The number of rotatable bonds is 9. The summed E-state index contributed by atoms with van der Waals surface area (Å²) in [7, 11) is -2.64. The summed E-state index contributed by atoms with van der Waals surface area (Å²) in [5.74, 6) is -0.877. The standard InChI is InChI=1S/C26H27BrClN3O4S/c1-18-6-4-5-7-24(18)31(36(34,35)23-14-12-22(28)13-15-23)17-25(32)30(19(2)26(33)29-3)16-20-8-10-21(27)11-9-20/h4-15,19H,16-17H2,1-3H3,(H,29,33)/t19-/m0/s1. The fraction of sp³-hybridized carbons (Fsp3) is 0.231. The topological polar surface area (TPSA) is 86.8 Å². The summed E-state index contributed by atoms with van der Waals surface area (Å²) in [5, 5.41) is 2.96. The quantitative estimate of drug-likeness (QED) is 0.388. The number of nitrogens with zero attached hydrogens (tertiary/aromatic N) is 2. The van der Waals surface area contributed by atoms with Gasteiger partial charge in [0.15, 0.2) is 0 Å². The zero-order chi connectivity index (χ0) is 26.5. The maximum Gasteiger partial charge on any atom is 0.264 e. The number of amides is 2. The maximum atomic E-state index is 13.7. The number of para-hydroxylation sites is 1. The molecule has 0 aliphatic carbocycles. The molecule has 0 saturated carbocycles. The molecule has 3 aromatic carbocycles. The van der Waals surface area contributed by atoms with Crippen LogP contribution >= 0.6 is 27.5 Å². The Bertz CT molecular complexity index is 1330. The molecule has 0 aliphatic heterocycles. The molecule has 10 heteroatoms. The smallest absolute Gasteiger partial charge is 0.264 e. The number of likely N-dealkylation sites (N-methyl/N-ethyl adjacent to an activating group) is 1. The van der Waals surface area contributed by atoms with E-state index in [2.05, 4.69) is 21.2 Å². The highest BCUT2D eigenvalue weighted by molar-refractivity contribution is 9.10. The number of carbonyl (C=O) groups excluding carboxylic acids is 2. The Morgan fingerprint density at radius 2 is 1.61 bits per heavy atom. The highest BCUT2D eigenvalue weighted by atomic mass is 79.9. The zero-order valence-corrected chi connectivity index (χ0v) is 23.3. The molecule has 0 aromatic heterocycles. The Morgan fingerprint density at radius 1 is 1.00 bits per heavy atom. The molecule has 0 radical (unpaired) electrons. The predicted molar refractivity (Wildman–Crippen MR) is 145 cm³/mol. The van der Waals surface area contributed by atoms with E-state index < -0.39 is 28.5 Å². The van der Waals surface area contributed by atoms with Gasteiger partial charge in [0.25, 0.3) is 10.0 Å². The molecular formula is C26H27BrClN3O4S. The van der Waals surface area contributed by atoms with E-state index in [1.54, 1.807) is 38.1 Å². The number of hydrogen-bond acceptors (Lipinski definition) is 4. The summed E-state index contributed by atoms with van der Waals surface area (Å²) in [6.07, 6.45) is 0. The van der Waals surface area contributed by atoms with Gasteiger partial charge in [0.1, 0.15) is 12.6 Å². The lowest BCUT2D eigenvalue weighted by atomic mass is 10.1. The first-order valence-electron chi connectivity index (χ1n) is 11.1. The van der Waals surface area contributed by atoms with E-state index in [9.17, 15) is 18.0 Å². The third-order valence-corrected chi connectivity index (χ3v) is 8.30. The zero-order valence-electron chi connectivity index (χ0n) is 20.1. The second-order valence-electron chi connectivity index (χ2n) is 8.19. The first kappa shape index (κ1) is 27.7. The molecule has 0 heterocycles. The highest BCUT2D eigenvalue weighted by Gasteiger charge is 2.32. The van der Waals surface area contributed by atoms with Crippen molar-refractivity contribution in [3.05, 3.63) is 93.4 Å². The van der Waals surface area contributed by atoms with Crippen LogP contribution in [0.3, 0.4) is 0 Å². The molecule has 2 amide bonds. The van der Waals surface area contributed by atoms with Gasteiger partial charge in [-0.15, -0.1) is 0 Å². The van der Waals surface area contributed by atoms with Crippen LogP contribution in [0.2, 0.25) is 5.02 Å². The summed E-state index contributed by atoms with van der Waals surface area (Å²) in [6, 6.07) is 19.2. The first-order valence-corrected chi connectivity index (χ1v) is 13.7. The van der Waals surface area contributed by atoms with E-state index in [1.165, 1.54) is 36.2 Å². The van der Waals surface area contributed by atoms with E-state index in [4.69, 9.17) is 11.6 Å². The van der Waals surface area contributed by atoms with Gasteiger partial charge in [-0.2, -0.15) is 0 Å². The molecule has 0 aliphatic rings. The monoisotopic (exact) mass is 591 g/mol. The van der Waals surface area contributed by atoms with E-state index in [0.717, 1.165) is 14.3 Å². The average molecular weight is 593 g/mol. The number of carbonyl (C=O) groups is 2. The van der Waals surface area contributed by atoms with Crippen LogP contribution in [-0.2, 0) is 26.2 Å². The molecule has 1 atom stereocenters. The van der Waals surface area contributed by atoms with Crippen molar-refractivity contribution in [3.8, 4) is 0 Å². The predicted octanol–water partition coefficient (Wildman–Crippen LogP) is 4.77. The summed E-state index contributed by atoms with van der Waals surface area (Å²) in [4.78, 5) is 27.6. The van der Waals surface area contributed by atoms with Crippen molar-refractivity contribution in [1.29, 1.82) is 0 Å². The lowest BCUT2D eigenvalue weighted by Crippen LogP contribution is -2.50. The Kier molecular flexibility index (Phi) is 9.16. The van der Waals surface area contributed by atoms with Crippen LogP contribution < -0.4 is 9.62 Å². The van der Waals surface area contributed by atoms with Crippen LogP contribution in [0.5, 0.6) is 0 Å². The van der Waals surface area contributed by atoms with Gasteiger partial charge in [-0.1, -0.05) is 57.9 Å². The average Bonchev–Trinajstić information content (AvgIpc) is 2.86. The third-order valence-electron chi connectivity index (χ3n) is 5.74. The summed E-state index contributed by atoms with van der Waals surface area (Å²) in [5.41, 5.74) is 1.85. The Morgan fingerprint density at radius 3 is 2.19 bits per heavy atom. The molecule has 0 saturated heterocycles. The van der Waals surface area contributed by atoms with Crippen LogP contribution in [0.4, 0.5) is 5.69 Å². The third kappa shape index (κ3) is 6.46. The van der Waals surface area contributed by atoms with E-state index in [0.29, 0.717) is 16.3 Å². The van der Waals surface area contributed by atoms with Gasteiger partial charge in [0, 0.05) is 23.1 Å². The van der Waals surface area contributed by atoms with Crippen molar-refractivity contribution >= 4 is 55.1 Å². The van der Waals surface area contributed by atoms with Gasteiger partial charge in [-0.05, 0) is 67.4 Å². The number of hydrogen-bond donors (Lipinski definition) is 1. The second kappa shape index (κ2) is 11.9. The second-order valence-corrected chi connectivity index (χ2v) is 11.4.